The molecule has 3 nitrogen and oxygen atoms in total. The van der Waals surface area contributed by atoms with Crippen LogP contribution in [0.2, 0.25) is 0 Å². The molecule has 1 N–H and O–H groups in total. The average Bonchev–Trinajstić information content (AvgIpc) is 2.90. The molecular weight excluding hydrogens is 190 g/mol. The van der Waals surface area contributed by atoms with Gasteiger partial charge in [-0.1, -0.05) is 0 Å². The van der Waals surface area contributed by atoms with Gasteiger partial charge in [-0.25, -0.2) is 0 Å². The van der Waals surface area contributed by atoms with Crippen LogP contribution in [0.25, 0.3) is 0 Å². The predicted molar refractivity (Wildman–Crippen MR) is 58.9 cm³/mol. The second-order valence-electron chi connectivity index (χ2n) is 4.64. The molecule has 2 aliphatic heterocycles. The monoisotopic (exact) mass is 211 g/mol. The maximum absolute atomic E-state index is 11.7. The lowest BCUT2D eigenvalue weighted by Gasteiger charge is -2.11. The molecule has 3 heteroatoms. The fraction of sp³-hybridized carbons (Fsp3) is 0.917. The van der Waals surface area contributed by atoms with Crippen molar-refractivity contribution in [2.45, 2.75) is 57.1 Å². The van der Waals surface area contributed by atoms with Crippen molar-refractivity contribution in [1.82, 2.24) is 5.32 Å². The number of ketones is 1. The Hall–Kier alpha value is -0.410. The van der Waals surface area contributed by atoms with Crippen LogP contribution < -0.4 is 5.32 Å². The second kappa shape index (κ2) is 5.61. The molecule has 2 heterocycles. The first-order chi connectivity index (χ1) is 7.36. The van der Waals surface area contributed by atoms with Gasteiger partial charge in [0.05, 0.1) is 12.1 Å². The predicted octanol–water partition coefficient (Wildman–Crippen LogP) is 1.66. The van der Waals surface area contributed by atoms with Crippen molar-refractivity contribution in [1.29, 1.82) is 0 Å². The molecule has 15 heavy (non-hydrogen) atoms. The van der Waals surface area contributed by atoms with Crippen LogP contribution in [0.5, 0.6) is 0 Å². The second-order valence-corrected chi connectivity index (χ2v) is 4.64. The highest BCUT2D eigenvalue weighted by atomic mass is 16.5. The highest BCUT2D eigenvalue weighted by molar-refractivity contribution is 5.84. The summed E-state index contributed by atoms with van der Waals surface area (Å²) in [6.45, 7) is 1.94. The summed E-state index contributed by atoms with van der Waals surface area (Å²) in [5.41, 5.74) is 0. The van der Waals surface area contributed by atoms with Crippen molar-refractivity contribution in [2.24, 2.45) is 0 Å². The van der Waals surface area contributed by atoms with Crippen LogP contribution in [-0.2, 0) is 9.53 Å². The van der Waals surface area contributed by atoms with Gasteiger partial charge in [-0.05, 0) is 45.1 Å². The summed E-state index contributed by atoms with van der Waals surface area (Å²) < 4.78 is 5.53. The van der Waals surface area contributed by atoms with E-state index in [1.54, 1.807) is 0 Å². The number of hydrogen-bond donors (Lipinski definition) is 1. The molecule has 0 amide bonds. The Morgan fingerprint density at radius 3 is 2.93 bits per heavy atom. The van der Waals surface area contributed by atoms with Gasteiger partial charge < -0.3 is 10.1 Å². The number of rotatable bonds is 5. The molecule has 0 saturated carbocycles. The highest BCUT2D eigenvalue weighted by Gasteiger charge is 2.22. The Labute approximate surface area is 91.6 Å². The fourth-order valence-corrected chi connectivity index (χ4v) is 2.51. The lowest BCUT2D eigenvalue weighted by Crippen LogP contribution is -2.30. The summed E-state index contributed by atoms with van der Waals surface area (Å²) in [4.78, 5) is 11.7. The molecule has 0 aliphatic carbocycles. The number of carbonyl (C=O) groups is 1. The summed E-state index contributed by atoms with van der Waals surface area (Å²) in [5.74, 6) is 0.408. The molecular formula is C12H21NO2. The summed E-state index contributed by atoms with van der Waals surface area (Å²) in [7, 11) is 0. The van der Waals surface area contributed by atoms with Gasteiger partial charge in [-0.15, -0.1) is 0 Å². The van der Waals surface area contributed by atoms with E-state index in [2.05, 4.69) is 5.32 Å². The summed E-state index contributed by atoms with van der Waals surface area (Å²) in [6.07, 6.45) is 7.83. The van der Waals surface area contributed by atoms with Crippen LogP contribution in [0.1, 0.15) is 44.9 Å². The minimum atomic E-state index is 0.162. The molecule has 0 aromatic heterocycles. The fourth-order valence-electron chi connectivity index (χ4n) is 2.51. The van der Waals surface area contributed by atoms with Crippen molar-refractivity contribution in [3.05, 3.63) is 0 Å². The number of Topliss-reactive ketones (excluding diaryl/α,β-unsaturated/α-hetero) is 1. The summed E-state index contributed by atoms with van der Waals surface area (Å²) in [5, 5.41) is 3.25. The topological polar surface area (TPSA) is 38.3 Å². The van der Waals surface area contributed by atoms with Gasteiger partial charge in [0.25, 0.3) is 0 Å². The van der Waals surface area contributed by atoms with E-state index in [1.807, 2.05) is 0 Å². The first kappa shape index (κ1) is 11.1. The van der Waals surface area contributed by atoms with Crippen LogP contribution in [0, 0.1) is 0 Å². The van der Waals surface area contributed by atoms with Crippen LogP contribution in [-0.4, -0.2) is 31.1 Å². The molecule has 0 spiro atoms. The third kappa shape index (κ3) is 3.28. The van der Waals surface area contributed by atoms with Crippen molar-refractivity contribution in [2.75, 3.05) is 13.2 Å². The van der Waals surface area contributed by atoms with E-state index in [0.29, 0.717) is 11.9 Å². The number of nitrogens with one attached hydrogen (secondary N) is 1. The zero-order valence-corrected chi connectivity index (χ0v) is 9.34. The average molecular weight is 211 g/mol. The molecule has 2 atom stereocenters. The largest absolute Gasteiger partial charge is 0.378 e. The standard InChI is InChI=1S/C12H21NO2/c14-12(11-6-2-8-13-11)7-1-4-10-5-3-9-15-10/h10-11,13H,1-9H2. The maximum atomic E-state index is 11.7. The minimum Gasteiger partial charge on any atom is -0.378 e. The molecule has 2 fully saturated rings. The van der Waals surface area contributed by atoms with E-state index in [4.69, 9.17) is 4.74 Å². The van der Waals surface area contributed by atoms with Gasteiger partial charge in [0.15, 0.2) is 0 Å². The Kier molecular flexibility index (Phi) is 4.15. The molecule has 0 aromatic rings. The van der Waals surface area contributed by atoms with E-state index in [1.165, 1.54) is 12.8 Å². The molecule has 0 radical (unpaired) electrons. The summed E-state index contributed by atoms with van der Waals surface area (Å²) in [6, 6.07) is 0.162. The first-order valence-electron chi connectivity index (χ1n) is 6.24. The first-order valence-corrected chi connectivity index (χ1v) is 6.24. The lowest BCUT2D eigenvalue weighted by molar-refractivity contribution is -0.120. The van der Waals surface area contributed by atoms with Gasteiger partial charge in [-0.2, -0.15) is 0 Å². The maximum Gasteiger partial charge on any atom is 0.149 e. The Balaban J connectivity index is 1.58. The smallest absolute Gasteiger partial charge is 0.149 e. The van der Waals surface area contributed by atoms with Crippen molar-refractivity contribution >= 4 is 5.78 Å². The zero-order valence-electron chi connectivity index (χ0n) is 9.34. The molecule has 86 valence electrons. The third-order valence-electron chi connectivity index (χ3n) is 3.42. The molecule has 2 aliphatic rings. The molecule has 2 saturated heterocycles. The highest BCUT2D eigenvalue weighted by Crippen LogP contribution is 2.18. The normalized spacial score (nSPS) is 30.9. The van der Waals surface area contributed by atoms with E-state index >= 15 is 0 Å². The SMILES string of the molecule is O=C(CCCC1CCCO1)C1CCCN1. The van der Waals surface area contributed by atoms with Gasteiger partial charge >= 0.3 is 0 Å². The lowest BCUT2D eigenvalue weighted by atomic mass is 10.0. The Morgan fingerprint density at radius 1 is 1.33 bits per heavy atom. The molecule has 0 aromatic carbocycles. The van der Waals surface area contributed by atoms with E-state index in [9.17, 15) is 4.79 Å². The zero-order chi connectivity index (χ0) is 10.5. The summed E-state index contributed by atoms with van der Waals surface area (Å²) >= 11 is 0. The van der Waals surface area contributed by atoms with E-state index in [0.717, 1.165) is 45.3 Å². The van der Waals surface area contributed by atoms with Gasteiger partial charge in [0.1, 0.15) is 5.78 Å². The van der Waals surface area contributed by atoms with Crippen LogP contribution >= 0.6 is 0 Å². The number of ether oxygens (including phenoxy) is 1. The van der Waals surface area contributed by atoms with Gasteiger partial charge in [0.2, 0.25) is 0 Å². The van der Waals surface area contributed by atoms with Crippen molar-refractivity contribution < 1.29 is 9.53 Å². The molecule has 0 bridgehead atoms. The third-order valence-corrected chi connectivity index (χ3v) is 3.42. The number of carbonyl (C=O) groups excluding carboxylic acids is 1. The molecule has 2 unspecified atom stereocenters. The van der Waals surface area contributed by atoms with E-state index < -0.39 is 0 Å². The van der Waals surface area contributed by atoms with Crippen LogP contribution in [0.4, 0.5) is 0 Å². The Morgan fingerprint density at radius 2 is 2.27 bits per heavy atom. The van der Waals surface area contributed by atoms with Crippen molar-refractivity contribution in [3.63, 3.8) is 0 Å². The van der Waals surface area contributed by atoms with Gasteiger partial charge in [0, 0.05) is 13.0 Å². The quantitative estimate of drug-likeness (QED) is 0.751. The van der Waals surface area contributed by atoms with Gasteiger partial charge in [-0.3, -0.25) is 4.79 Å². The Bertz CT molecular complexity index is 206. The van der Waals surface area contributed by atoms with Crippen molar-refractivity contribution in [3.8, 4) is 0 Å². The number of hydrogen-bond acceptors (Lipinski definition) is 3. The van der Waals surface area contributed by atoms with Crippen LogP contribution in [0.3, 0.4) is 0 Å². The molecule has 2 rings (SSSR count). The van der Waals surface area contributed by atoms with E-state index in [-0.39, 0.29) is 6.04 Å². The van der Waals surface area contributed by atoms with Crippen LogP contribution in [0.15, 0.2) is 0 Å². The minimum absolute atomic E-state index is 0.162.